The van der Waals surface area contributed by atoms with Crippen LogP contribution in [0.5, 0.6) is 0 Å². The summed E-state index contributed by atoms with van der Waals surface area (Å²) in [5, 5.41) is 9.04. The maximum atomic E-state index is 12.7. The molecular formula is C15H22N2O4. The monoisotopic (exact) mass is 294 g/mol. The third-order valence-corrected chi connectivity index (χ3v) is 3.81. The van der Waals surface area contributed by atoms with E-state index in [0.29, 0.717) is 6.54 Å². The summed E-state index contributed by atoms with van der Waals surface area (Å²) in [6, 6.07) is 3.49. The zero-order valence-corrected chi connectivity index (χ0v) is 12.5. The minimum Gasteiger partial charge on any atom is -0.480 e. The molecule has 21 heavy (non-hydrogen) atoms. The minimum atomic E-state index is -0.989. The van der Waals surface area contributed by atoms with Gasteiger partial charge in [0.05, 0.1) is 12.8 Å². The van der Waals surface area contributed by atoms with Crippen molar-refractivity contribution >= 4 is 12.0 Å². The van der Waals surface area contributed by atoms with Crippen LogP contribution in [0.2, 0.25) is 0 Å². The molecule has 0 spiro atoms. The van der Waals surface area contributed by atoms with Gasteiger partial charge in [-0.05, 0) is 38.3 Å². The first-order valence-corrected chi connectivity index (χ1v) is 7.34. The van der Waals surface area contributed by atoms with Crippen molar-refractivity contribution in [1.82, 2.24) is 9.80 Å². The van der Waals surface area contributed by atoms with Gasteiger partial charge in [0.25, 0.3) is 0 Å². The van der Waals surface area contributed by atoms with Crippen LogP contribution in [0.15, 0.2) is 22.8 Å². The van der Waals surface area contributed by atoms with Crippen molar-refractivity contribution in [3.8, 4) is 0 Å². The third-order valence-electron chi connectivity index (χ3n) is 3.81. The van der Waals surface area contributed by atoms with Gasteiger partial charge in [-0.1, -0.05) is 6.92 Å². The van der Waals surface area contributed by atoms with Crippen LogP contribution in [0.25, 0.3) is 0 Å². The number of carbonyl (C=O) groups excluding carboxylic acids is 1. The average Bonchev–Trinajstić information content (AvgIpc) is 3.17. The lowest BCUT2D eigenvalue weighted by Gasteiger charge is -2.33. The van der Waals surface area contributed by atoms with Gasteiger partial charge in [-0.15, -0.1) is 0 Å². The van der Waals surface area contributed by atoms with Gasteiger partial charge in [-0.3, -0.25) is 4.79 Å². The Morgan fingerprint density at radius 1 is 1.48 bits per heavy atom. The van der Waals surface area contributed by atoms with Crippen molar-refractivity contribution in [2.45, 2.75) is 51.7 Å². The predicted octanol–water partition coefficient (Wildman–Crippen LogP) is 2.55. The Hall–Kier alpha value is -1.98. The molecule has 0 saturated heterocycles. The lowest BCUT2D eigenvalue weighted by Crippen LogP contribution is -2.49. The molecule has 1 saturated carbocycles. The second-order valence-corrected chi connectivity index (χ2v) is 5.50. The van der Waals surface area contributed by atoms with Crippen molar-refractivity contribution in [1.29, 1.82) is 0 Å². The number of hydrogen-bond acceptors (Lipinski definition) is 3. The fraction of sp³-hybridized carbons (Fsp3) is 0.600. The van der Waals surface area contributed by atoms with Crippen LogP contribution in [0.4, 0.5) is 4.79 Å². The number of urea groups is 1. The first-order chi connectivity index (χ1) is 10.0. The highest BCUT2D eigenvalue weighted by atomic mass is 16.4. The van der Waals surface area contributed by atoms with E-state index in [1.54, 1.807) is 17.2 Å². The number of carboxylic acid groups (broad SMARTS) is 1. The standard InChI is InChI=1S/C15H22N2O4/c1-3-11(2)16(10-14(18)19)15(20)17(12-6-7-12)9-13-5-4-8-21-13/h4-5,8,11-12H,3,6-7,9-10H2,1-2H3,(H,18,19). The summed E-state index contributed by atoms with van der Waals surface area (Å²) in [7, 11) is 0. The first kappa shape index (κ1) is 15.4. The highest BCUT2D eigenvalue weighted by Crippen LogP contribution is 2.30. The van der Waals surface area contributed by atoms with Crippen LogP contribution in [-0.2, 0) is 11.3 Å². The molecule has 1 fully saturated rings. The molecule has 1 aliphatic carbocycles. The van der Waals surface area contributed by atoms with Crippen LogP contribution in [0.3, 0.4) is 0 Å². The lowest BCUT2D eigenvalue weighted by atomic mass is 10.2. The maximum Gasteiger partial charge on any atom is 0.323 e. The minimum absolute atomic E-state index is 0.105. The summed E-state index contributed by atoms with van der Waals surface area (Å²) < 4.78 is 5.31. The lowest BCUT2D eigenvalue weighted by molar-refractivity contribution is -0.138. The number of furan rings is 1. The Balaban J connectivity index is 2.12. The molecule has 1 unspecified atom stereocenters. The molecule has 116 valence electrons. The second kappa shape index (κ2) is 6.65. The number of amides is 2. The normalized spacial score (nSPS) is 15.5. The van der Waals surface area contributed by atoms with E-state index in [9.17, 15) is 9.59 Å². The molecule has 0 bridgehead atoms. The van der Waals surface area contributed by atoms with Crippen LogP contribution in [-0.4, -0.2) is 45.5 Å². The molecule has 1 N–H and O–H groups in total. The van der Waals surface area contributed by atoms with Gasteiger partial charge in [-0.2, -0.15) is 0 Å². The zero-order chi connectivity index (χ0) is 15.4. The van der Waals surface area contributed by atoms with Gasteiger partial charge in [0.15, 0.2) is 0 Å². The second-order valence-electron chi connectivity index (χ2n) is 5.50. The van der Waals surface area contributed by atoms with Gasteiger partial charge < -0.3 is 19.3 Å². The molecule has 0 radical (unpaired) electrons. The van der Waals surface area contributed by atoms with E-state index < -0.39 is 5.97 Å². The first-order valence-electron chi connectivity index (χ1n) is 7.34. The molecule has 0 aliphatic heterocycles. The Morgan fingerprint density at radius 2 is 2.19 bits per heavy atom. The summed E-state index contributed by atoms with van der Waals surface area (Å²) in [5.74, 6) is -0.271. The Morgan fingerprint density at radius 3 is 2.67 bits per heavy atom. The molecule has 1 atom stereocenters. The summed E-state index contributed by atoms with van der Waals surface area (Å²) >= 11 is 0. The van der Waals surface area contributed by atoms with Crippen molar-refractivity contribution < 1.29 is 19.1 Å². The van der Waals surface area contributed by atoms with E-state index in [-0.39, 0.29) is 24.7 Å². The Kier molecular flexibility index (Phi) is 4.88. The number of aliphatic carboxylic acids is 1. The van der Waals surface area contributed by atoms with Crippen LogP contribution >= 0.6 is 0 Å². The van der Waals surface area contributed by atoms with Crippen LogP contribution < -0.4 is 0 Å². The fourth-order valence-electron chi connectivity index (χ4n) is 2.25. The van der Waals surface area contributed by atoms with Crippen LogP contribution in [0.1, 0.15) is 38.9 Å². The summed E-state index contributed by atoms with van der Waals surface area (Å²) in [4.78, 5) is 26.9. The predicted molar refractivity (Wildman–Crippen MR) is 76.8 cm³/mol. The topological polar surface area (TPSA) is 74.0 Å². The molecule has 1 aliphatic rings. The van der Waals surface area contributed by atoms with Gasteiger partial charge >= 0.3 is 12.0 Å². The smallest absolute Gasteiger partial charge is 0.323 e. The molecule has 1 heterocycles. The maximum absolute atomic E-state index is 12.7. The average molecular weight is 294 g/mol. The van der Waals surface area contributed by atoms with E-state index in [0.717, 1.165) is 25.0 Å². The highest BCUT2D eigenvalue weighted by molar-refractivity contribution is 5.81. The molecule has 2 rings (SSSR count). The van der Waals surface area contributed by atoms with E-state index in [4.69, 9.17) is 9.52 Å². The number of nitrogens with zero attached hydrogens (tertiary/aromatic N) is 2. The molecule has 6 heteroatoms. The van der Waals surface area contributed by atoms with E-state index in [2.05, 4.69) is 0 Å². The Labute approximate surface area is 124 Å². The van der Waals surface area contributed by atoms with Gasteiger partial charge in [0, 0.05) is 12.1 Å². The number of carbonyl (C=O) groups is 2. The SMILES string of the molecule is CCC(C)N(CC(=O)O)C(=O)N(Cc1ccco1)C1CC1. The Bertz CT molecular complexity index is 482. The largest absolute Gasteiger partial charge is 0.480 e. The molecule has 1 aromatic heterocycles. The van der Waals surface area contributed by atoms with Crippen molar-refractivity contribution in [2.75, 3.05) is 6.54 Å². The zero-order valence-electron chi connectivity index (χ0n) is 12.5. The molecule has 0 aromatic carbocycles. The van der Waals surface area contributed by atoms with E-state index >= 15 is 0 Å². The summed E-state index contributed by atoms with van der Waals surface area (Å²) in [6.45, 7) is 3.94. The fourth-order valence-corrected chi connectivity index (χ4v) is 2.25. The van der Waals surface area contributed by atoms with Gasteiger partial charge in [0.2, 0.25) is 0 Å². The van der Waals surface area contributed by atoms with Crippen LogP contribution in [0, 0.1) is 0 Å². The molecule has 1 aromatic rings. The summed E-state index contributed by atoms with van der Waals surface area (Å²) in [6.07, 6.45) is 4.23. The van der Waals surface area contributed by atoms with Crippen molar-refractivity contribution in [3.63, 3.8) is 0 Å². The van der Waals surface area contributed by atoms with Crippen molar-refractivity contribution in [2.24, 2.45) is 0 Å². The van der Waals surface area contributed by atoms with Gasteiger partial charge in [0.1, 0.15) is 12.3 Å². The van der Waals surface area contributed by atoms with E-state index in [1.165, 1.54) is 4.90 Å². The summed E-state index contributed by atoms with van der Waals surface area (Å²) in [5.41, 5.74) is 0. The highest BCUT2D eigenvalue weighted by Gasteiger charge is 2.37. The molecule has 6 nitrogen and oxygen atoms in total. The van der Waals surface area contributed by atoms with Gasteiger partial charge in [-0.25, -0.2) is 4.79 Å². The molecule has 2 amide bonds. The number of carboxylic acids is 1. The quantitative estimate of drug-likeness (QED) is 0.838. The van der Waals surface area contributed by atoms with E-state index in [1.807, 2.05) is 19.9 Å². The molecular weight excluding hydrogens is 272 g/mol. The number of rotatable bonds is 7. The third kappa shape index (κ3) is 4.00. The number of hydrogen-bond donors (Lipinski definition) is 1. The van der Waals surface area contributed by atoms with Crippen molar-refractivity contribution in [3.05, 3.63) is 24.2 Å².